The molecule has 1 saturated carbocycles. The van der Waals surface area contributed by atoms with Gasteiger partial charge in [-0.2, -0.15) is 8.78 Å². The molecular weight excluding hydrogens is 334 g/mol. The Bertz CT molecular complexity index is 632. The summed E-state index contributed by atoms with van der Waals surface area (Å²) in [6.45, 7) is 9.81. The van der Waals surface area contributed by atoms with Crippen LogP contribution in [0.4, 0.5) is 8.78 Å². The van der Waals surface area contributed by atoms with Crippen LogP contribution in [0.25, 0.3) is 0 Å². The second kappa shape index (κ2) is 7.74. The topological polar surface area (TPSA) is 18.5 Å². The van der Waals surface area contributed by atoms with Crippen molar-refractivity contribution < 1.29 is 18.3 Å². The van der Waals surface area contributed by atoms with Crippen LogP contribution in [0.5, 0.6) is 11.5 Å². The van der Waals surface area contributed by atoms with Gasteiger partial charge in [0.15, 0.2) is 11.5 Å². The molecule has 2 aliphatic rings. The van der Waals surface area contributed by atoms with Crippen LogP contribution in [0.1, 0.15) is 65.4 Å². The second-order valence-electron chi connectivity index (χ2n) is 9.08. The van der Waals surface area contributed by atoms with Gasteiger partial charge in [-0.15, -0.1) is 0 Å². The van der Waals surface area contributed by atoms with Crippen molar-refractivity contribution >= 4 is 0 Å². The Morgan fingerprint density at radius 3 is 2.50 bits per heavy atom. The van der Waals surface area contributed by atoms with Crippen molar-refractivity contribution in [3.8, 4) is 11.5 Å². The van der Waals surface area contributed by atoms with Crippen molar-refractivity contribution in [1.29, 1.82) is 0 Å². The minimum absolute atomic E-state index is 0.0238. The fourth-order valence-corrected chi connectivity index (χ4v) is 4.47. The monoisotopic (exact) mass is 366 g/mol. The highest BCUT2D eigenvalue weighted by Gasteiger charge is 2.35. The quantitative estimate of drug-likeness (QED) is 0.621. The van der Waals surface area contributed by atoms with E-state index in [2.05, 4.69) is 27.7 Å². The maximum absolute atomic E-state index is 14.4. The van der Waals surface area contributed by atoms with Gasteiger partial charge in [0.2, 0.25) is 11.6 Å². The number of ether oxygens (including phenoxy) is 2. The Hall–Kier alpha value is -1.32. The third-order valence-corrected chi connectivity index (χ3v) is 6.46. The molecule has 1 heterocycles. The average Bonchev–Trinajstić information content (AvgIpc) is 2.63. The van der Waals surface area contributed by atoms with Gasteiger partial charge >= 0.3 is 0 Å². The molecule has 0 saturated heterocycles. The van der Waals surface area contributed by atoms with E-state index in [0.717, 1.165) is 18.3 Å². The molecule has 0 N–H and O–H groups in total. The molecule has 0 spiro atoms. The molecule has 1 aliphatic heterocycles. The van der Waals surface area contributed by atoms with E-state index < -0.39 is 11.6 Å². The van der Waals surface area contributed by atoms with Gasteiger partial charge in [0, 0.05) is 11.0 Å². The molecule has 0 atom stereocenters. The lowest BCUT2D eigenvalue weighted by Crippen LogP contribution is -2.34. The molecular formula is C22H32F2O2. The first kappa shape index (κ1) is 19.4. The fourth-order valence-electron chi connectivity index (χ4n) is 4.47. The Labute approximate surface area is 156 Å². The van der Waals surface area contributed by atoms with Gasteiger partial charge < -0.3 is 9.47 Å². The van der Waals surface area contributed by atoms with E-state index in [0.29, 0.717) is 31.1 Å². The lowest BCUT2D eigenvalue weighted by molar-refractivity contribution is 0.0647. The standard InChI is InChI=1S/C22H32F2O2/c1-14(2)15-7-9-17(10-8-15)22(3,4)13-26-18-12-16-6-5-11-25-21(16)20(24)19(18)23/h12,14-15,17H,5-11,13H2,1-4H3. The second-order valence-corrected chi connectivity index (χ2v) is 9.08. The highest BCUT2D eigenvalue weighted by Crippen LogP contribution is 2.43. The Morgan fingerprint density at radius 2 is 1.85 bits per heavy atom. The molecule has 0 unspecified atom stereocenters. The van der Waals surface area contributed by atoms with Crippen LogP contribution in [-0.2, 0) is 6.42 Å². The zero-order valence-corrected chi connectivity index (χ0v) is 16.5. The average molecular weight is 366 g/mol. The van der Waals surface area contributed by atoms with Gasteiger partial charge in [-0.05, 0) is 62.3 Å². The van der Waals surface area contributed by atoms with Crippen molar-refractivity contribution in [3.63, 3.8) is 0 Å². The third kappa shape index (κ3) is 3.99. The molecule has 1 aliphatic carbocycles. The predicted octanol–water partition coefficient (Wildman–Crippen LogP) is 6.16. The van der Waals surface area contributed by atoms with Gasteiger partial charge in [-0.25, -0.2) is 0 Å². The molecule has 0 bridgehead atoms. The van der Waals surface area contributed by atoms with Gasteiger partial charge in [0.05, 0.1) is 13.2 Å². The van der Waals surface area contributed by atoms with E-state index >= 15 is 0 Å². The Morgan fingerprint density at radius 1 is 1.15 bits per heavy atom. The van der Waals surface area contributed by atoms with E-state index in [9.17, 15) is 8.78 Å². The molecule has 0 amide bonds. The molecule has 1 aromatic carbocycles. The van der Waals surface area contributed by atoms with E-state index in [1.807, 2.05) is 0 Å². The van der Waals surface area contributed by atoms with Crippen LogP contribution in [0.15, 0.2) is 6.07 Å². The summed E-state index contributed by atoms with van der Waals surface area (Å²) < 4.78 is 39.7. The first-order chi connectivity index (χ1) is 12.3. The van der Waals surface area contributed by atoms with E-state index in [-0.39, 0.29) is 16.9 Å². The minimum Gasteiger partial charge on any atom is -0.490 e. The molecule has 4 heteroatoms. The number of hydrogen-bond acceptors (Lipinski definition) is 2. The summed E-state index contributed by atoms with van der Waals surface area (Å²) in [5.74, 6) is 0.368. The number of fused-ring (bicyclic) bond motifs is 1. The van der Waals surface area contributed by atoms with Crippen molar-refractivity contribution in [2.45, 2.75) is 66.2 Å². The smallest absolute Gasteiger partial charge is 0.204 e. The van der Waals surface area contributed by atoms with Crippen LogP contribution in [0.3, 0.4) is 0 Å². The fraction of sp³-hybridized carbons (Fsp3) is 0.727. The highest BCUT2D eigenvalue weighted by molar-refractivity contribution is 5.44. The zero-order chi connectivity index (χ0) is 18.9. The number of rotatable bonds is 5. The van der Waals surface area contributed by atoms with Crippen molar-refractivity contribution in [2.75, 3.05) is 13.2 Å². The Kier molecular flexibility index (Phi) is 5.78. The van der Waals surface area contributed by atoms with Crippen LogP contribution < -0.4 is 9.47 Å². The summed E-state index contributed by atoms with van der Waals surface area (Å²) in [5, 5.41) is 0. The molecule has 0 aromatic heterocycles. The number of hydrogen-bond donors (Lipinski definition) is 0. The number of halogens is 2. The van der Waals surface area contributed by atoms with Crippen molar-refractivity contribution in [3.05, 3.63) is 23.3 Å². The minimum atomic E-state index is -0.926. The van der Waals surface area contributed by atoms with E-state index in [4.69, 9.17) is 9.47 Å². The van der Waals surface area contributed by atoms with Gasteiger partial charge in [-0.1, -0.05) is 27.7 Å². The summed E-state index contributed by atoms with van der Waals surface area (Å²) in [6.07, 6.45) is 6.41. The SMILES string of the molecule is CC(C)C1CCC(C(C)(C)COc2cc3c(c(F)c2F)OCCC3)CC1. The number of benzene rings is 1. The largest absolute Gasteiger partial charge is 0.490 e. The summed E-state index contributed by atoms with van der Waals surface area (Å²) in [6, 6.07) is 1.62. The summed E-state index contributed by atoms with van der Waals surface area (Å²) in [7, 11) is 0. The molecule has 0 radical (unpaired) electrons. The molecule has 2 nitrogen and oxygen atoms in total. The highest BCUT2D eigenvalue weighted by atomic mass is 19.2. The molecule has 3 rings (SSSR count). The van der Waals surface area contributed by atoms with Gasteiger partial charge in [0.1, 0.15) is 0 Å². The summed E-state index contributed by atoms with van der Waals surface area (Å²) in [4.78, 5) is 0. The molecule has 26 heavy (non-hydrogen) atoms. The van der Waals surface area contributed by atoms with Crippen LogP contribution in [0, 0.1) is 34.8 Å². The predicted molar refractivity (Wildman–Crippen MR) is 99.7 cm³/mol. The van der Waals surface area contributed by atoms with Crippen LogP contribution in [0.2, 0.25) is 0 Å². The maximum Gasteiger partial charge on any atom is 0.204 e. The van der Waals surface area contributed by atoms with E-state index in [1.165, 1.54) is 25.7 Å². The van der Waals surface area contributed by atoms with Crippen molar-refractivity contribution in [2.24, 2.45) is 23.2 Å². The lowest BCUT2D eigenvalue weighted by atomic mass is 9.67. The lowest BCUT2D eigenvalue weighted by Gasteiger charge is -2.40. The number of aryl methyl sites for hydroxylation is 1. The van der Waals surface area contributed by atoms with E-state index in [1.54, 1.807) is 6.07 Å². The maximum atomic E-state index is 14.4. The molecule has 1 aromatic rings. The molecule has 146 valence electrons. The first-order valence-electron chi connectivity index (χ1n) is 10.1. The van der Waals surface area contributed by atoms with Gasteiger partial charge in [0.25, 0.3) is 0 Å². The summed E-state index contributed by atoms with van der Waals surface area (Å²) >= 11 is 0. The van der Waals surface area contributed by atoms with Crippen LogP contribution >= 0.6 is 0 Å². The summed E-state index contributed by atoms with van der Waals surface area (Å²) in [5.41, 5.74) is 0.650. The van der Waals surface area contributed by atoms with Crippen molar-refractivity contribution in [1.82, 2.24) is 0 Å². The zero-order valence-electron chi connectivity index (χ0n) is 16.5. The Balaban J connectivity index is 1.66. The van der Waals surface area contributed by atoms with Gasteiger partial charge in [-0.3, -0.25) is 0 Å². The van der Waals surface area contributed by atoms with Crippen LogP contribution in [-0.4, -0.2) is 13.2 Å². The first-order valence-corrected chi connectivity index (χ1v) is 10.1. The normalized spacial score (nSPS) is 23.5. The molecule has 1 fully saturated rings. The third-order valence-electron chi connectivity index (χ3n) is 6.46.